The van der Waals surface area contributed by atoms with E-state index in [1.807, 2.05) is 30.9 Å². The zero-order valence-electron chi connectivity index (χ0n) is 13.9. The molecule has 1 unspecified atom stereocenters. The molecule has 7 nitrogen and oxygen atoms in total. The third kappa shape index (κ3) is 4.65. The molecule has 0 saturated heterocycles. The largest absolute Gasteiger partial charge is 0.336 e. The van der Waals surface area contributed by atoms with Gasteiger partial charge < -0.3 is 9.47 Å². The highest BCUT2D eigenvalue weighted by atomic mass is 16.2. The van der Waals surface area contributed by atoms with Crippen LogP contribution in [0.2, 0.25) is 0 Å². The molecule has 1 amide bonds. The molecule has 0 spiro atoms. The van der Waals surface area contributed by atoms with Gasteiger partial charge in [-0.25, -0.2) is 4.79 Å². The zero-order valence-corrected chi connectivity index (χ0v) is 13.9. The van der Waals surface area contributed by atoms with E-state index < -0.39 is 11.2 Å². The quantitative estimate of drug-likeness (QED) is 0.825. The zero-order chi connectivity index (χ0) is 17.5. The summed E-state index contributed by atoms with van der Waals surface area (Å²) in [5.41, 5.74) is 0.0703. The smallest absolute Gasteiger partial charge is 0.328 e. The van der Waals surface area contributed by atoms with E-state index in [0.29, 0.717) is 6.54 Å². The van der Waals surface area contributed by atoms with Gasteiger partial charge in [-0.1, -0.05) is 6.92 Å². The van der Waals surface area contributed by atoms with Crippen LogP contribution in [-0.2, 0) is 17.9 Å². The first-order valence-electron chi connectivity index (χ1n) is 7.99. The first-order chi connectivity index (χ1) is 11.5. The summed E-state index contributed by atoms with van der Waals surface area (Å²) in [6.45, 7) is 4.78. The summed E-state index contributed by atoms with van der Waals surface area (Å²) >= 11 is 0. The van der Waals surface area contributed by atoms with Crippen LogP contribution in [-0.4, -0.2) is 31.4 Å². The first-order valence-corrected chi connectivity index (χ1v) is 7.99. The molecule has 0 aromatic carbocycles. The van der Waals surface area contributed by atoms with Gasteiger partial charge in [0.25, 0.3) is 5.56 Å². The summed E-state index contributed by atoms with van der Waals surface area (Å²) in [4.78, 5) is 43.4. The van der Waals surface area contributed by atoms with E-state index in [1.54, 1.807) is 12.4 Å². The molecule has 1 N–H and O–H groups in total. The van der Waals surface area contributed by atoms with Crippen molar-refractivity contribution < 1.29 is 4.79 Å². The number of rotatable bonds is 7. The molecule has 0 radical (unpaired) electrons. The molecule has 0 aliphatic rings. The number of aromatic amines is 1. The van der Waals surface area contributed by atoms with Crippen LogP contribution in [0.1, 0.15) is 32.3 Å². The number of nitrogens with zero attached hydrogens (tertiary/aromatic N) is 3. The second kappa shape index (κ2) is 8.24. The molecule has 2 rings (SSSR count). The Morgan fingerprint density at radius 3 is 2.62 bits per heavy atom. The van der Waals surface area contributed by atoms with Crippen molar-refractivity contribution in [3.63, 3.8) is 0 Å². The number of pyridine rings is 1. The lowest BCUT2D eigenvalue weighted by Gasteiger charge is -2.29. The lowest BCUT2D eigenvalue weighted by Crippen LogP contribution is -2.39. The van der Waals surface area contributed by atoms with E-state index in [1.165, 1.54) is 16.8 Å². The molecule has 0 fully saturated rings. The number of hydrogen-bond acceptors (Lipinski definition) is 4. The average molecular weight is 330 g/mol. The Kier molecular flexibility index (Phi) is 6.06. The van der Waals surface area contributed by atoms with Gasteiger partial charge in [0, 0.05) is 50.2 Å². The van der Waals surface area contributed by atoms with Crippen molar-refractivity contribution in [2.45, 2.75) is 45.8 Å². The molecule has 2 aromatic heterocycles. The van der Waals surface area contributed by atoms with E-state index >= 15 is 0 Å². The fraction of sp³-hybridized carbons (Fsp3) is 0.412. The summed E-state index contributed by atoms with van der Waals surface area (Å²) in [5.74, 6) is -0.0285. The highest BCUT2D eigenvalue weighted by molar-refractivity contribution is 5.76. The molecule has 1 atom stereocenters. The van der Waals surface area contributed by atoms with Crippen molar-refractivity contribution in [2.75, 3.05) is 0 Å². The molecule has 0 bridgehead atoms. The van der Waals surface area contributed by atoms with Gasteiger partial charge in [-0.05, 0) is 31.0 Å². The van der Waals surface area contributed by atoms with Crippen molar-refractivity contribution >= 4 is 5.91 Å². The summed E-state index contributed by atoms with van der Waals surface area (Å²) in [6.07, 6.45) is 5.85. The van der Waals surface area contributed by atoms with Crippen LogP contribution in [0.15, 0.2) is 46.4 Å². The second-order valence-electron chi connectivity index (χ2n) is 5.69. The molecule has 2 heterocycles. The minimum atomic E-state index is -0.500. The Morgan fingerprint density at radius 1 is 1.29 bits per heavy atom. The van der Waals surface area contributed by atoms with Crippen molar-refractivity contribution in [3.8, 4) is 0 Å². The topological polar surface area (TPSA) is 88.1 Å². The predicted molar refractivity (Wildman–Crippen MR) is 90.5 cm³/mol. The minimum Gasteiger partial charge on any atom is -0.336 e. The van der Waals surface area contributed by atoms with Crippen LogP contribution in [0, 0.1) is 0 Å². The van der Waals surface area contributed by atoms with E-state index in [9.17, 15) is 14.4 Å². The summed E-state index contributed by atoms with van der Waals surface area (Å²) in [5, 5.41) is 0. The third-order valence-electron chi connectivity index (χ3n) is 4.01. The second-order valence-corrected chi connectivity index (χ2v) is 5.69. The lowest BCUT2D eigenvalue weighted by atomic mass is 10.1. The van der Waals surface area contributed by atoms with Crippen LogP contribution >= 0.6 is 0 Å². The van der Waals surface area contributed by atoms with Gasteiger partial charge in [-0.15, -0.1) is 0 Å². The number of aromatic nitrogens is 3. The van der Waals surface area contributed by atoms with Crippen LogP contribution in [0.4, 0.5) is 0 Å². The van der Waals surface area contributed by atoms with Crippen molar-refractivity contribution in [2.24, 2.45) is 0 Å². The minimum absolute atomic E-state index is 0.0285. The Balaban J connectivity index is 2.07. The molecular weight excluding hydrogens is 308 g/mol. The normalized spacial score (nSPS) is 11.9. The van der Waals surface area contributed by atoms with Crippen LogP contribution in [0.5, 0.6) is 0 Å². The molecule has 7 heteroatoms. The maximum atomic E-state index is 12.6. The number of aryl methyl sites for hydroxylation is 1. The lowest BCUT2D eigenvalue weighted by molar-refractivity contribution is -0.134. The molecule has 0 aliphatic carbocycles. The van der Waals surface area contributed by atoms with Gasteiger partial charge in [0.1, 0.15) is 0 Å². The highest BCUT2D eigenvalue weighted by Gasteiger charge is 2.19. The van der Waals surface area contributed by atoms with Crippen LogP contribution in [0.3, 0.4) is 0 Å². The standard InChI is InChI=1S/C17H22N4O3/c1-3-13(2)21(12-14-4-8-18-9-5-14)16(23)7-11-20-10-6-15(22)19-17(20)24/h4-6,8-10,13H,3,7,11-12H2,1-2H3,(H,19,22,24). The number of H-pyrrole nitrogens is 1. The fourth-order valence-electron chi connectivity index (χ4n) is 2.38. The maximum Gasteiger partial charge on any atom is 0.328 e. The number of carbonyl (C=O) groups excluding carboxylic acids is 1. The Labute approximate surface area is 140 Å². The summed E-state index contributed by atoms with van der Waals surface area (Å²) in [7, 11) is 0. The maximum absolute atomic E-state index is 12.6. The van der Waals surface area contributed by atoms with Gasteiger partial charge in [0.2, 0.25) is 5.91 Å². The van der Waals surface area contributed by atoms with Gasteiger partial charge in [0.05, 0.1) is 0 Å². The number of carbonyl (C=O) groups is 1. The van der Waals surface area contributed by atoms with Crippen molar-refractivity contribution in [1.29, 1.82) is 0 Å². The van der Waals surface area contributed by atoms with E-state index in [4.69, 9.17) is 0 Å². The monoisotopic (exact) mass is 330 g/mol. The predicted octanol–water partition coefficient (Wildman–Crippen LogP) is 1.15. The van der Waals surface area contributed by atoms with Crippen LogP contribution < -0.4 is 11.2 Å². The van der Waals surface area contributed by atoms with Crippen molar-refractivity contribution in [1.82, 2.24) is 19.4 Å². The first kappa shape index (κ1) is 17.7. The Hall–Kier alpha value is -2.70. The van der Waals surface area contributed by atoms with E-state index in [-0.39, 0.29) is 24.9 Å². The average Bonchev–Trinajstić information content (AvgIpc) is 2.59. The highest BCUT2D eigenvalue weighted by Crippen LogP contribution is 2.12. The molecule has 24 heavy (non-hydrogen) atoms. The van der Waals surface area contributed by atoms with Crippen molar-refractivity contribution in [3.05, 3.63) is 63.2 Å². The number of hydrogen-bond donors (Lipinski definition) is 1. The van der Waals surface area contributed by atoms with Crippen LogP contribution in [0.25, 0.3) is 0 Å². The van der Waals surface area contributed by atoms with Gasteiger partial charge in [-0.2, -0.15) is 0 Å². The molecular formula is C17H22N4O3. The molecule has 0 aliphatic heterocycles. The van der Waals surface area contributed by atoms with E-state index in [2.05, 4.69) is 9.97 Å². The van der Waals surface area contributed by atoms with Gasteiger partial charge in [-0.3, -0.25) is 19.6 Å². The van der Waals surface area contributed by atoms with Gasteiger partial charge in [0.15, 0.2) is 0 Å². The SMILES string of the molecule is CCC(C)N(Cc1ccncc1)C(=O)CCn1ccc(=O)[nH]c1=O. The fourth-order valence-corrected chi connectivity index (χ4v) is 2.38. The Bertz CT molecular complexity index is 782. The number of nitrogens with one attached hydrogen (secondary N) is 1. The molecule has 128 valence electrons. The van der Waals surface area contributed by atoms with Gasteiger partial charge >= 0.3 is 5.69 Å². The summed E-state index contributed by atoms with van der Waals surface area (Å²) < 4.78 is 1.33. The van der Waals surface area contributed by atoms with E-state index in [0.717, 1.165) is 12.0 Å². The molecule has 0 saturated carbocycles. The summed E-state index contributed by atoms with van der Waals surface area (Å²) in [6, 6.07) is 5.14. The Morgan fingerprint density at radius 2 is 2.00 bits per heavy atom. The number of amides is 1. The third-order valence-corrected chi connectivity index (χ3v) is 4.01. The molecule has 2 aromatic rings.